The number of aromatic hydroxyl groups is 1. The lowest BCUT2D eigenvalue weighted by Gasteiger charge is -2.29. The van der Waals surface area contributed by atoms with E-state index in [1.165, 1.54) is 0 Å². The first kappa shape index (κ1) is 17.0. The molecule has 1 aromatic heterocycles. The minimum absolute atomic E-state index is 0.0693. The lowest BCUT2D eigenvalue weighted by atomic mass is 10.1. The fourth-order valence-corrected chi connectivity index (χ4v) is 2.23. The molecule has 0 radical (unpaired) electrons. The molecule has 0 aliphatic rings. The summed E-state index contributed by atoms with van der Waals surface area (Å²) in [5, 5.41) is 9.40. The number of pyridine rings is 1. The van der Waals surface area contributed by atoms with E-state index < -0.39 is 0 Å². The minimum Gasteiger partial charge on any atom is -0.508 e. The zero-order valence-electron chi connectivity index (χ0n) is 13.8. The molecule has 122 valence electrons. The predicted molar refractivity (Wildman–Crippen MR) is 89.7 cm³/mol. The number of hydrogen-bond donors (Lipinski definition) is 1. The van der Waals surface area contributed by atoms with Gasteiger partial charge in [0.05, 0.1) is 6.04 Å². The van der Waals surface area contributed by atoms with Gasteiger partial charge in [0.25, 0.3) is 0 Å². The molecule has 1 unspecified atom stereocenters. The third kappa shape index (κ3) is 4.79. The summed E-state index contributed by atoms with van der Waals surface area (Å²) < 4.78 is 0. The monoisotopic (exact) mass is 313 g/mol. The predicted octanol–water partition coefficient (Wildman–Crippen LogP) is 2.27. The number of phenols is 1. The molecule has 23 heavy (non-hydrogen) atoms. The number of carbonyl (C=O) groups excluding carboxylic acids is 1. The van der Waals surface area contributed by atoms with Gasteiger partial charge in [-0.2, -0.15) is 0 Å². The highest BCUT2D eigenvalue weighted by Crippen LogP contribution is 2.15. The molecule has 0 fully saturated rings. The van der Waals surface area contributed by atoms with Crippen LogP contribution in [0.25, 0.3) is 0 Å². The molecular formula is C18H23N3O2. The third-order valence-electron chi connectivity index (χ3n) is 3.88. The van der Waals surface area contributed by atoms with E-state index in [4.69, 9.17) is 0 Å². The Labute approximate surface area is 137 Å². The second-order valence-corrected chi connectivity index (χ2v) is 5.86. The van der Waals surface area contributed by atoms with Crippen LogP contribution in [0.4, 0.5) is 0 Å². The van der Waals surface area contributed by atoms with Gasteiger partial charge in [-0.3, -0.25) is 14.7 Å². The smallest absolute Gasteiger partial charge is 0.240 e. The number of hydrogen-bond acceptors (Lipinski definition) is 4. The van der Waals surface area contributed by atoms with E-state index in [1.54, 1.807) is 24.5 Å². The van der Waals surface area contributed by atoms with E-state index in [2.05, 4.69) is 4.98 Å². The van der Waals surface area contributed by atoms with Gasteiger partial charge in [0, 0.05) is 25.5 Å². The molecule has 0 spiro atoms. The molecule has 2 rings (SSSR count). The first-order chi connectivity index (χ1) is 11.0. The zero-order valence-corrected chi connectivity index (χ0v) is 13.8. The van der Waals surface area contributed by atoms with E-state index in [-0.39, 0.29) is 17.7 Å². The standard InChI is InChI=1S/C18H23N3O2/c1-14(20(2)3)18(23)21(13-16-8-10-19-11-9-16)12-15-4-6-17(22)7-5-15/h4-11,14,22H,12-13H2,1-3H3. The number of nitrogens with zero attached hydrogens (tertiary/aromatic N) is 3. The highest BCUT2D eigenvalue weighted by atomic mass is 16.3. The molecule has 2 aromatic rings. The number of carbonyl (C=O) groups is 1. The van der Waals surface area contributed by atoms with Crippen LogP contribution in [-0.4, -0.2) is 45.9 Å². The Hall–Kier alpha value is -2.40. The van der Waals surface area contributed by atoms with Crippen LogP contribution in [0.2, 0.25) is 0 Å². The van der Waals surface area contributed by atoms with E-state index in [0.717, 1.165) is 11.1 Å². The van der Waals surface area contributed by atoms with E-state index in [0.29, 0.717) is 13.1 Å². The maximum atomic E-state index is 12.8. The minimum atomic E-state index is -0.200. The number of rotatable bonds is 6. The van der Waals surface area contributed by atoms with Gasteiger partial charge < -0.3 is 10.0 Å². The van der Waals surface area contributed by atoms with E-state index in [1.807, 2.05) is 55.1 Å². The van der Waals surface area contributed by atoms with Gasteiger partial charge in [-0.25, -0.2) is 0 Å². The molecule has 0 saturated carbocycles. The Morgan fingerprint density at radius 1 is 1.04 bits per heavy atom. The largest absolute Gasteiger partial charge is 0.508 e. The second-order valence-electron chi connectivity index (χ2n) is 5.86. The number of benzene rings is 1. The highest BCUT2D eigenvalue weighted by molar-refractivity contribution is 5.81. The van der Waals surface area contributed by atoms with Crippen molar-refractivity contribution in [3.05, 3.63) is 59.9 Å². The fraction of sp³-hybridized carbons (Fsp3) is 0.333. The summed E-state index contributed by atoms with van der Waals surface area (Å²) in [6.45, 7) is 2.93. The maximum absolute atomic E-state index is 12.8. The lowest BCUT2D eigenvalue weighted by Crippen LogP contribution is -2.43. The Kier molecular flexibility index (Phi) is 5.71. The summed E-state index contributed by atoms with van der Waals surface area (Å²) in [5.41, 5.74) is 2.02. The molecule has 1 atom stereocenters. The molecule has 1 amide bonds. The Bertz CT molecular complexity index is 626. The summed E-state index contributed by atoms with van der Waals surface area (Å²) in [5.74, 6) is 0.294. The van der Waals surface area contributed by atoms with Gasteiger partial charge in [0.2, 0.25) is 5.91 Å². The van der Waals surface area contributed by atoms with E-state index >= 15 is 0 Å². The molecule has 1 heterocycles. The van der Waals surface area contributed by atoms with Crippen LogP contribution in [-0.2, 0) is 17.9 Å². The molecule has 0 saturated heterocycles. The quantitative estimate of drug-likeness (QED) is 0.889. The van der Waals surface area contributed by atoms with Gasteiger partial charge in [0.1, 0.15) is 5.75 Å². The molecule has 0 aliphatic heterocycles. The zero-order chi connectivity index (χ0) is 16.8. The van der Waals surface area contributed by atoms with Crippen molar-refractivity contribution in [3.8, 4) is 5.75 Å². The van der Waals surface area contributed by atoms with Gasteiger partial charge in [-0.05, 0) is 56.4 Å². The average molecular weight is 313 g/mol. The van der Waals surface area contributed by atoms with E-state index in [9.17, 15) is 9.90 Å². The topological polar surface area (TPSA) is 56.7 Å². The van der Waals surface area contributed by atoms with Crippen LogP contribution in [0.3, 0.4) is 0 Å². The van der Waals surface area contributed by atoms with Crippen LogP contribution in [0, 0.1) is 0 Å². The first-order valence-corrected chi connectivity index (χ1v) is 7.59. The third-order valence-corrected chi connectivity index (χ3v) is 3.88. The Morgan fingerprint density at radius 2 is 1.57 bits per heavy atom. The first-order valence-electron chi connectivity index (χ1n) is 7.59. The number of aromatic nitrogens is 1. The molecule has 0 aliphatic carbocycles. The fourth-order valence-electron chi connectivity index (χ4n) is 2.23. The average Bonchev–Trinajstić information content (AvgIpc) is 2.55. The van der Waals surface area contributed by atoms with Gasteiger partial charge in [-0.15, -0.1) is 0 Å². The SMILES string of the molecule is CC(C(=O)N(Cc1ccncc1)Cc1ccc(O)cc1)N(C)C. The Balaban J connectivity index is 2.19. The summed E-state index contributed by atoms with van der Waals surface area (Å²) in [4.78, 5) is 20.5. The summed E-state index contributed by atoms with van der Waals surface area (Å²) in [6.07, 6.45) is 3.46. The van der Waals surface area contributed by atoms with Crippen LogP contribution < -0.4 is 0 Å². The maximum Gasteiger partial charge on any atom is 0.240 e. The van der Waals surface area contributed by atoms with Crippen molar-refractivity contribution in [2.45, 2.75) is 26.1 Å². The van der Waals surface area contributed by atoms with Gasteiger partial charge >= 0.3 is 0 Å². The van der Waals surface area contributed by atoms with Crippen molar-refractivity contribution < 1.29 is 9.90 Å². The molecule has 1 N–H and O–H groups in total. The van der Waals surface area contributed by atoms with Crippen molar-refractivity contribution >= 4 is 5.91 Å². The molecule has 0 bridgehead atoms. The molecule has 1 aromatic carbocycles. The Morgan fingerprint density at radius 3 is 2.09 bits per heavy atom. The normalized spacial score (nSPS) is 12.2. The van der Waals surface area contributed by atoms with Crippen LogP contribution >= 0.6 is 0 Å². The van der Waals surface area contributed by atoms with Crippen molar-refractivity contribution in [3.63, 3.8) is 0 Å². The van der Waals surface area contributed by atoms with Crippen LogP contribution in [0.15, 0.2) is 48.8 Å². The number of amides is 1. The van der Waals surface area contributed by atoms with Crippen molar-refractivity contribution in [1.82, 2.24) is 14.8 Å². The van der Waals surface area contributed by atoms with Crippen molar-refractivity contribution in [2.24, 2.45) is 0 Å². The number of phenolic OH excluding ortho intramolecular Hbond substituents is 1. The molecule has 5 heteroatoms. The second kappa shape index (κ2) is 7.74. The number of likely N-dealkylation sites (N-methyl/N-ethyl adjacent to an activating group) is 1. The summed E-state index contributed by atoms with van der Waals surface area (Å²) in [6, 6.07) is 10.6. The van der Waals surface area contributed by atoms with Crippen molar-refractivity contribution in [2.75, 3.05) is 14.1 Å². The molecule has 5 nitrogen and oxygen atoms in total. The van der Waals surface area contributed by atoms with Crippen molar-refractivity contribution in [1.29, 1.82) is 0 Å². The summed E-state index contributed by atoms with van der Waals surface area (Å²) >= 11 is 0. The summed E-state index contributed by atoms with van der Waals surface area (Å²) in [7, 11) is 3.79. The lowest BCUT2D eigenvalue weighted by molar-refractivity contribution is -0.136. The molecular weight excluding hydrogens is 290 g/mol. The van der Waals surface area contributed by atoms with Crippen LogP contribution in [0.1, 0.15) is 18.1 Å². The van der Waals surface area contributed by atoms with Crippen LogP contribution in [0.5, 0.6) is 5.75 Å². The van der Waals surface area contributed by atoms with Gasteiger partial charge in [-0.1, -0.05) is 12.1 Å². The highest BCUT2D eigenvalue weighted by Gasteiger charge is 2.22. The van der Waals surface area contributed by atoms with Gasteiger partial charge in [0.15, 0.2) is 0 Å².